The zero-order chi connectivity index (χ0) is 15.7. The van der Waals surface area contributed by atoms with Gasteiger partial charge in [0, 0.05) is 13.1 Å². The number of para-hydroxylation sites is 2. The van der Waals surface area contributed by atoms with E-state index in [1.807, 2.05) is 50.1 Å². The fraction of sp³-hybridized carbons (Fsp3) is 0.625. The third-order valence-corrected chi connectivity index (χ3v) is 2.94. The van der Waals surface area contributed by atoms with Crippen LogP contribution in [0.5, 0.6) is 11.5 Å². The van der Waals surface area contributed by atoms with Crippen molar-refractivity contribution >= 4 is 0 Å². The van der Waals surface area contributed by atoms with Crippen molar-refractivity contribution in [3.05, 3.63) is 24.3 Å². The normalized spacial score (nSPS) is 12.7. The molecule has 0 aromatic heterocycles. The number of methoxy groups -OCH3 is 1. The average Bonchev–Trinajstić information content (AvgIpc) is 2.45. The molecule has 0 bridgehead atoms. The fourth-order valence-corrected chi connectivity index (χ4v) is 1.86. The molecule has 1 aromatic carbocycles. The Kier molecular flexibility index (Phi) is 8.12. The minimum absolute atomic E-state index is 0.138. The number of hydrogen-bond donors (Lipinski definition) is 1. The van der Waals surface area contributed by atoms with Crippen LogP contribution in [-0.2, 0) is 4.74 Å². The Hall–Kier alpha value is -1.30. The first-order valence-corrected chi connectivity index (χ1v) is 7.27. The second kappa shape index (κ2) is 9.60. The summed E-state index contributed by atoms with van der Waals surface area (Å²) in [6, 6.07) is 7.56. The smallest absolute Gasteiger partial charge is 0.161 e. The standard InChI is InChI=1S/C16H27NO4/c1-13(2)21-12-14(18)11-17(3)9-10-20-16-8-6-5-7-15(16)19-4/h5-8,13-14,18H,9-12H2,1-4H3/t14-/m1/s1. The van der Waals surface area contributed by atoms with Crippen molar-refractivity contribution < 1.29 is 19.3 Å². The Bertz CT molecular complexity index is 398. The first kappa shape index (κ1) is 17.8. The van der Waals surface area contributed by atoms with Crippen LogP contribution in [0.25, 0.3) is 0 Å². The number of benzene rings is 1. The first-order valence-electron chi connectivity index (χ1n) is 7.27. The molecule has 1 atom stereocenters. The summed E-state index contributed by atoms with van der Waals surface area (Å²) in [5.74, 6) is 1.46. The summed E-state index contributed by atoms with van der Waals surface area (Å²) in [5.41, 5.74) is 0. The van der Waals surface area contributed by atoms with Crippen molar-refractivity contribution in [2.24, 2.45) is 0 Å². The van der Waals surface area contributed by atoms with Gasteiger partial charge < -0.3 is 24.2 Å². The molecule has 120 valence electrons. The van der Waals surface area contributed by atoms with Crippen LogP contribution in [0.3, 0.4) is 0 Å². The van der Waals surface area contributed by atoms with Crippen molar-refractivity contribution in [1.82, 2.24) is 4.90 Å². The molecule has 5 heteroatoms. The highest BCUT2D eigenvalue weighted by Crippen LogP contribution is 2.25. The molecule has 0 saturated carbocycles. The van der Waals surface area contributed by atoms with Gasteiger partial charge in [0.1, 0.15) is 6.61 Å². The van der Waals surface area contributed by atoms with Gasteiger partial charge in [0.25, 0.3) is 0 Å². The number of aliphatic hydroxyl groups excluding tert-OH is 1. The predicted molar refractivity (Wildman–Crippen MR) is 83.1 cm³/mol. The highest BCUT2D eigenvalue weighted by atomic mass is 16.5. The highest BCUT2D eigenvalue weighted by Gasteiger charge is 2.10. The summed E-state index contributed by atoms with van der Waals surface area (Å²) in [4.78, 5) is 2.02. The number of likely N-dealkylation sites (N-methyl/N-ethyl adjacent to an activating group) is 1. The lowest BCUT2D eigenvalue weighted by Crippen LogP contribution is -2.35. The van der Waals surface area contributed by atoms with Crippen molar-refractivity contribution in [3.63, 3.8) is 0 Å². The molecule has 0 radical (unpaired) electrons. The Morgan fingerprint density at radius 2 is 1.86 bits per heavy atom. The van der Waals surface area contributed by atoms with Gasteiger partial charge in [0.15, 0.2) is 11.5 Å². The number of nitrogens with zero attached hydrogens (tertiary/aromatic N) is 1. The molecule has 0 heterocycles. The van der Waals surface area contributed by atoms with Crippen molar-refractivity contribution in [2.45, 2.75) is 26.1 Å². The quantitative estimate of drug-likeness (QED) is 0.713. The van der Waals surface area contributed by atoms with Gasteiger partial charge >= 0.3 is 0 Å². The molecule has 5 nitrogen and oxygen atoms in total. The van der Waals surface area contributed by atoms with E-state index in [-0.39, 0.29) is 6.10 Å². The summed E-state index contributed by atoms with van der Waals surface area (Å²) < 4.78 is 16.3. The van der Waals surface area contributed by atoms with E-state index in [4.69, 9.17) is 14.2 Å². The van der Waals surface area contributed by atoms with Crippen LogP contribution in [0.15, 0.2) is 24.3 Å². The number of ether oxygens (including phenoxy) is 3. The van der Waals surface area contributed by atoms with Crippen molar-refractivity contribution in [1.29, 1.82) is 0 Å². The van der Waals surface area contributed by atoms with Gasteiger partial charge in [0.2, 0.25) is 0 Å². The van der Waals surface area contributed by atoms with Gasteiger partial charge in [-0.15, -0.1) is 0 Å². The van der Waals surface area contributed by atoms with Crippen molar-refractivity contribution in [3.8, 4) is 11.5 Å². The van der Waals surface area contributed by atoms with E-state index in [0.29, 0.717) is 19.8 Å². The minimum atomic E-state index is -0.483. The van der Waals surface area contributed by atoms with Gasteiger partial charge in [-0.05, 0) is 33.0 Å². The van der Waals surface area contributed by atoms with Crippen LogP contribution in [0.1, 0.15) is 13.8 Å². The third-order valence-electron chi connectivity index (χ3n) is 2.94. The lowest BCUT2D eigenvalue weighted by molar-refractivity contribution is -0.00651. The largest absolute Gasteiger partial charge is 0.493 e. The second-order valence-corrected chi connectivity index (χ2v) is 5.30. The van der Waals surface area contributed by atoms with E-state index in [2.05, 4.69) is 0 Å². The van der Waals surface area contributed by atoms with E-state index in [1.165, 1.54) is 0 Å². The maximum atomic E-state index is 9.84. The van der Waals surface area contributed by atoms with Crippen LogP contribution in [0.4, 0.5) is 0 Å². The first-order chi connectivity index (χ1) is 10.0. The summed E-state index contributed by atoms with van der Waals surface area (Å²) >= 11 is 0. The van der Waals surface area contributed by atoms with E-state index in [9.17, 15) is 5.11 Å². The van der Waals surface area contributed by atoms with Gasteiger partial charge in [-0.1, -0.05) is 12.1 Å². The van der Waals surface area contributed by atoms with Gasteiger partial charge in [0.05, 0.1) is 25.9 Å². The summed E-state index contributed by atoms with van der Waals surface area (Å²) in [6.07, 6.45) is -0.345. The van der Waals surface area contributed by atoms with Gasteiger partial charge in [-0.25, -0.2) is 0 Å². The number of aliphatic hydroxyl groups is 1. The van der Waals surface area contributed by atoms with Crippen LogP contribution in [-0.4, -0.2) is 62.7 Å². The molecule has 0 aliphatic heterocycles. The van der Waals surface area contributed by atoms with Crippen molar-refractivity contribution in [2.75, 3.05) is 40.5 Å². The molecule has 0 amide bonds. The SMILES string of the molecule is COc1ccccc1OCCN(C)C[C@@H](O)COC(C)C. The fourth-order valence-electron chi connectivity index (χ4n) is 1.86. The molecule has 21 heavy (non-hydrogen) atoms. The highest BCUT2D eigenvalue weighted by molar-refractivity contribution is 5.39. The molecule has 1 rings (SSSR count). The number of hydrogen-bond acceptors (Lipinski definition) is 5. The lowest BCUT2D eigenvalue weighted by atomic mass is 10.3. The summed E-state index contributed by atoms with van der Waals surface area (Å²) in [6.45, 7) is 6.08. The monoisotopic (exact) mass is 297 g/mol. The lowest BCUT2D eigenvalue weighted by Gasteiger charge is -2.21. The molecule has 0 aliphatic carbocycles. The zero-order valence-electron chi connectivity index (χ0n) is 13.4. The van der Waals surface area contributed by atoms with E-state index >= 15 is 0 Å². The molecule has 0 fully saturated rings. The van der Waals surface area contributed by atoms with Crippen LogP contribution in [0.2, 0.25) is 0 Å². The Labute approximate surface area is 127 Å². The maximum Gasteiger partial charge on any atom is 0.161 e. The van der Waals surface area contributed by atoms with E-state index < -0.39 is 6.10 Å². The third kappa shape index (κ3) is 7.32. The van der Waals surface area contributed by atoms with E-state index in [0.717, 1.165) is 18.0 Å². The molecule has 1 N–H and O–H groups in total. The van der Waals surface area contributed by atoms with Gasteiger partial charge in [-0.2, -0.15) is 0 Å². The van der Waals surface area contributed by atoms with Gasteiger partial charge in [-0.3, -0.25) is 0 Å². The molecule has 0 spiro atoms. The van der Waals surface area contributed by atoms with Crippen LogP contribution >= 0.6 is 0 Å². The molecule has 1 aromatic rings. The molecule has 0 unspecified atom stereocenters. The van der Waals surface area contributed by atoms with Crippen LogP contribution in [0, 0.1) is 0 Å². The zero-order valence-corrected chi connectivity index (χ0v) is 13.4. The topological polar surface area (TPSA) is 51.2 Å². The molecular weight excluding hydrogens is 270 g/mol. The molecule has 0 aliphatic rings. The Balaban J connectivity index is 2.25. The minimum Gasteiger partial charge on any atom is -0.493 e. The Morgan fingerprint density at radius 1 is 1.19 bits per heavy atom. The maximum absolute atomic E-state index is 9.84. The summed E-state index contributed by atoms with van der Waals surface area (Å²) in [7, 11) is 3.57. The average molecular weight is 297 g/mol. The Morgan fingerprint density at radius 3 is 2.48 bits per heavy atom. The van der Waals surface area contributed by atoms with Crippen LogP contribution < -0.4 is 9.47 Å². The molecule has 0 saturated heterocycles. The second-order valence-electron chi connectivity index (χ2n) is 5.30. The number of rotatable bonds is 10. The summed E-state index contributed by atoms with van der Waals surface area (Å²) in [5, 5.41) is 9.84. The van der Waals surface area contributed by atoms with E-state index in [1.54, 1.807) is 7.11 Å². The predicted octanol–water partition coefficient (Wildman–Crippen LogP) is 1.79. The molecular formula is C16H27NO4.